The summed E-state index contributed by atoms with van der Waals surface area (Å²) >= 11 is 0. The number of ether oxygens (including phenoxy) is 1. The van der Waals surface area contributed by atoms with Gasteiger partial charge in [0, 0.05) is 32.7 Å². The van der Waals surface area contributed by atoms with E-state index in [1.165, 1.54) is 0 Å². The van der Waals surface area contributed by atoms with Crippen molar-refractivity contribution in [3.05, 3.63) is 29.8 Å². The minimum atomic E-state index is -0.366. The van der Waals surface area contributed by atoms with Gasteiger partial charge in [0.25, 0.3) is 0 Å². The summed E-state index contributed by atoms with van der Waals surface area (Å²) in [6, 6.07) is 7.77. The van der Waals surface area contributed by atoms with Gasteiger partial charge in [-0.3, -0.25) is 4.90 Å². The molecule has 1 aliphatic heterocycles. The van der Waals surface area contributed by atoms with Gasteiger partial charge in [0.1, 0.15) is 12.4 Å². The molecule has 0 aromatic heterocycles. The van der Waals surface area contributed by atoms with Gasteiger partial charge in [0.15, 0.2) is 0 Å². The van der Waals surface area contributed by atoms with E-state index in [0.717, 1.165) is 57.1 Å². The van der Waals surface area contributed by atoms with E-state index >= 15 is 0 Å². The molecule has 0 spiro atoms. The molecule has 0 aliphatic carbocycles. The summed E-state index contributed by atoms with van der Waals surface area (Å²) in [5.74, 6) is 0.881. The van der Waals surface area contributed by atoms with E-state index in [1.54, 1.807) is 0 Å². The topological polar surface area (TPSA) is 35.9 Å². The van der Waals surface area contributed by atoms with Crippen molar-refractivity contribution in [2.24, 2.45) is 0 Å². The molecule has 4 nitrogen and oxygen atoms in total. The van der Waals surface area contributed by atoms with Crippen LogP contribution in [0.5, 0.6) is 5.75 Å². The molecule has 1 aliphatic rings. The molecule has 20 heavy (non-hydrogen) atoms. The van der Waals surface area contributed by atoms with Gasteiger partial charge in [-0.05, 0) is 31.2 Å². The van der Waals surface area contributed by atoms with Crippen LogP contribution in [0.25, 0.3) is 0 Å². The van der Waals surface area contributed by atoms with Crippen molar-refractivity contribution in [2.45, 2.75) is 19.4 Å². The molecule has 1 saturated heterocycles. The molecule has 0 amide bonds. The van der Waals surface area contributed by atoms with Gasteiger partial charge in [0.2, 0.25) is 0 Å². The molecule has 1 N–H and O–H groups in total. The lowest BCUT2D eigenvalue weighted by atomic mass is 10.1. The second kappa shape index (κ2) is 7.62. The maximum atomic E-state index is 9.74. The van der Waals surface area contributed by atoms with Gasteiger partial charge in [0.05, 0.1) is 6.10 Å². The van der Waals surface area contributed by atoms with Crippen LogP contribution >= 0.6 is 0 Å². The lowest BCUT2D eigenvalue weighted by Gasteiger charge is -2.32. The molecular formula is C16H26N2O2. The lowest BCUT2D eigenvalue weighted by molar-refractivity contribution is 0.133. The largest absolute Gasteiger partial charge is 0.492 e. The van der Waals surface area contributed by atoms with Gasteiger partial charge in [-0.1, -0.05) is 19.1 Å². The Balaban J connectivity index is 1.71. The van der Waals surface area contributed by atoms with Crippen LogP contribution in [0.4, 0.5) is 0 Å². The summed E-state index contributed by atoms with van der Waals surface area (Å²) in [5.41, 5.74) is 0.957. The summed E-state index contributed by atoms with van der Waals surface area (Å²) in [5, 5.41) is 9.74. The van der Waals surface area contributed by atoms with Crippen LogP contribution in [-0.4, -0.2) is 61.3 Å². The number of likely N-dealkylation sites (N-methyl/N-ethyl adjacent to an activating group) is 1. The molecule has 1 fully saturated rings. The van der Waals surface area contributed by atoms with E-state index in [2.05, 4.69) is 16.8 Å². The van der Waals surface area contributed by atoms with Crippen molar-refractivity contribution in [3.8, 4) is 5.75 Å². The molecule has 0 bridgehead atoms. The molecule has 2 rings (SSSR count). The number of nitrogens with zero attached hydrogens (tertiary/aromatic N) is 2. The highest BCUT2D eigenvalue weighted by molar-refractivity contribution is 5.28. The third kappa shape index (κ3) is 4.47. The van der Waals surface area contributed by atoms with Crippen LogP contribution in [-0.2, 0) is 0 Å². The van der Waals surface area contributed by atoms with Crippen molar-refractivity contribution in [3.63, 3.8) is 0 Å². The summed E-state index contributed by atoms with van der Waals surface area (Å²) < 4.78 is 5.77. The molecule has 4 heteroatoms. The standard InChI is InChI=1S/C16H26N2O2/c1-3-16(19)14-4-6-15(7-5-14)20-13-12-18-10-8-17(2)9-11-18/h4-7,16,19H,3,8-13H2,1-2H3. The van der Waals surface area contributed by atoms with Gasteiger partial charge in [-0.25, -0.2) is 0 Å². The highest BCUT2D eigenvalue weighted by atomic mass is 16.5. The molecule has 1 aromatic rings. The van der Waals surface area contributed by atoms with E-state index in [1.807, 2.05) is 31.2 Å². The van der Waals surface area contributed by atoms with Crippen LogP contribution < -0.4 is 4.74 Å². The second-order valence-electron chi connectivity index (χ2n) is 5.49. The molecule has 1 aromatic carbocycles. The van der Waals surface area contributed by atoms with Gasteiger partial charge in [-0.2, -0.15) is 0 Å². The smallest absolute Gasteiger partial charge is 0.119 e. The number of rotatable bonds is 6. The number of aliphatic hydroxyl groups is 1. The van der Waals surface area contributed by atoms with Crippen LogP contribution in [0.3, 0.4) is 0 Å². The predicted octanol–water partition coefficient (Wildman–Crippen LogP) is 1.76. The monoisotopic (exact) mass is 278 g/mol. The zero-order valence-electron chi connectivity index (χ0n) is 12.6. The lowest BCUT2D eigenvalue weighted by Crippen LogP contribution is -2.45. The van der Waals surface area contributed by atoms with Crippen molar-refractivity contribution in [1.82, 2.24) is 9.80 Å². The van der Waals surface area contributed by atoms with E-state index in [0.29, 0.717) is 0 Å². The number of benzene rings is 1. The zero-order chi connectivity index (χ0) is 14.4. The Kier molecular flexibility index (Phi) is 5.83. The fourth-order valence-corrected chi connectivity index (χ4v) is 2.39. The average Bonchev–Trinajstić information content (AvgIpc) is 2.49. The molecule has 1 unspecified atom stereocenters. The highest BCUT2D eigenvalue weighted by Gasteiger charge is 2.13. The fraction of sp³-hybridized carbons (Fsp3) is 0.625. The number of hydrogen-bond acceptors (Lipinski definition) is 4. The summed E-state index contributed by atoms with van der Waals surface area (Å²) in [4.78, 5) is 4.80. The first kappa shape index (κ1) is 15.3. The van der Waals surface area contributed by atoms with E-state index in [-0.39, 0.29) is 6.10 Å². The van der Waals surface area contributed by atoms with Gasteiger partial charge in [-0.15, -0.1) is 0 Å². The number of piperazine rings is 1. The first-order valence-corrected chi connectivity index (χ1v) is 7.50. The normalized spacial score (nSPS) is 18.9. The molecule has 1 heterocycles. The molecule has 112 valence electrons. The predicted molar refractivity (Wildman–Crippen MR) is 81.1 cm³/mol. The average molecular weight is 278 g/mol. The fourth-order valence-electron chi connectivity index (χ4n) is 2.39. The minimum Gasteiger partial charge on any atom is -0.492 e. The van der Waals surface area contributed by atoms with E-state index < -0.39 is 0 Å². The second-order valence-corrected chi connectivity index (χ2v) is 5.49. The SMILES string of the molecule is CCC(O)c1ccc(OCCN2CCN(C)CC2)cc1. The Morgan fingerprint density at radius 3 is 2.40 bits per heavy atom. The van der Waals surface area contributed by atoms with Crippen molar-refractivity contribution >= 4 is 0 Å². The zero-order valence-corrected chi connectivity index (χ0v) is 12.6. The molecule has 0 radical (unpaired) electrons. The van der Waals surface area contributed by atoms with E-state index in [4.69, 9.17) is 4.74 Å². The van der Waals surface area contributed by atoms with Crippen LogP contribution in [0, 0.1) is 0 Å². The maximum absolute atomic E-state index is 9.74. The highest BCUT2D eigenvalue weighted by Crippen LogP contribution is 2.19. The maximum Gasteiger partial charge on any atom is 0.119 e. The summed E-state index contributed by atoms with van der Waals surface area (Å²) in [6.45, 7) is 8.22. The minimum absolute atomic E-state index is 0.366. The first-order chi connectivity index (χ1) is 9.69. The Bertz CT molecular complexity index is 386. The summed E-state index contributed by atoms with van der Waals surface area (Å²) in [6.07, 6.45) is 0.373. The van der Waals surface area contributed by atoms with Crippen LogP contribution in [0.15, 0.2) is 24.3 Å². The Labute approximate surface area is 122 Å². The van der Waals surface area contributed by atoms with Gasteiger partial charge < -0.3 is 14.7 Å². The number of aliphatic hydroxyl groups excluding tert-OH is 1. The van der Waals surface area contributed by atoms with E-state index in [9.17, 15) is 5.11 Å². The van der Waals surface area contributed by atoms with Crippen LogP contribution in [0.1, 0.15) is 25.0 Å². The third-order valence-corrected chi connectivity index (χ3v) is 3.92. The summed E-state index contributed by atoms with van der Waals surface area (Å²) in [7, 11) is 2.17. The molecular weight excluding hydrogens is 252 g/mol. The van der Waals surface area contributed by atoms with Gasteiger partial charge >= 0.3 is 0 Å². The molecule has 0 saturated carbocycles. The Morgan fingerprint density at radius 2 is 1.80 bits per heavy atom. The quantitative estimate of drug-likeness (QED) is 0.860. The number of hydrogen-bond donors (Lipinski definition) is 1. The Hall–Kier alpha value is -1.10. The van der Waals surface area contributed by atoms with Crippen molar-refractivity contribution < 1.29 is 9.84 Å². The third-order valence-electron chi connectivity index (χ3n) is 3.92. The molecule has 1 atom stereocenters. The van der Waals surface area contributed by atoms with Crippen molar-refractivity contribution in [1.29, 1.82) is 0 Å². The Morgan fingerprint density at radius 1 is 1.15 bits per heavy atom. The van der Waals surface area contributed by atoms with Crippen molar-refractivity contribution in [2.75, 3.05) is 46.4 Å². The van der Waals surface area contributed by atoms with Crippen LogP contribution in [0.2, 0.25) is 0 Å². The first-order valence-electron chi connectivity index (χ1n) is 7.50.